The number of nitriles is 1. The number of anilines is 1. The van der Waals surface area contributed by atoms with E-state index in [-0.39, 0.29) is 24.5 Å². The second kappa shape index (κ2) is 14.7. The molecule has 0 spiro atoms. The van der Waals surface area contributed by atoms with Gasteiger partial charge in [-0.1, -0.05) is 25.1 Å². The van der Waals surface area contributed by atoms with Crippen molar-refractivity contribution in [1.82, 2.24) is 19.7 Å². The Morgan fingerprint density at radius 2 is 1.94 bits per heavy atom. The number of carbonyl (C=O) groups is 2. The van der Waals surface area contributed by atoms with Crippen molar-refractivity contribution < 1.29 is 37.5 Å². The normalized spacial score (nSPS) is 13.5. The molecule has 1 N–H and O–H groups in total. The summed E-state index contributed by atoms with van der Waals surface area (Å²) in [5.74, 6) is -2.64. The number of hydrogen-bond donors (Lipinski definition) is 1. The van der Waals surface area contributed by atoms with Crippen LogP contribution >= 0.6 is 11.3 Å². The summed E-state index contributed by atoms with van der Waals surface area (Å²) in [7, 11) is 1.46. The molecule has 0 fully saturated rings. The Morgan fingerprint density at radius 1 is 1.18 bits per heavy atom. The molecule has 0 saturated heterocycles. The van der Waals surface area contributed by atoms with Crippen molar-refractivity contribution in [3.8, 4) is 17.3 Å². The molecule has 3 heterocycles. The van der Waals surface area contributed by atoms with Gasteiger partial charge in [-0.3, -0.25) is 9.69 Å². The smallest absolute Gasteiger partial charge is 0.418 e. The van der Waals surface area contributed by atoms with Crippen LogP contribution in [-0.4, -0.2) is 44.0 Å². The number of aromatic nitrogens is 5. The zero-order valence-corrected chi connectivity index (χ0v) is 27.8. The molecule has 2 aromatic carbocycles. The maximum absolute atomic E-state index is 15.3. The summed E-state index contributed by atoms with van der Waals surface area (Å²) in [6.07, 6.45) is 2.66. The lowest BCUT2D eigenvalue weighted by molar-refractivity contribution is -0.753. The molecular formula is C34H32F2N7O5S+. The van der Waals surface area contributed by atoms with E-state index in [0.29, 0.717) is 21.8 Å². The van der Waals surface area contributed by atoms with Crippen molar-refractivity contribution in [1.29, 1.82) is 5.26 Å². The third-order valence-electron chi connectivity index (χ3n) is 7.90. The molecule has 0 radical (unpaired) electrons. The molecule has 0 aliphatic rings. The van der Waals surface area contributed by atoms with Crippen LogP contribution in [0.25, 0.3) is 11.3 Å². The van der Waals surface area contributed by atoms with E-state index in [9.17, 15) is 19.1 Å². The molecule has 0 aliphatic heterocycles. The van der Waals surface area contributed by atoms with E-state index >= 15 is 4.39 Å². The molecule has 3 unspecified atom stereocenters. The van der Waals surface area contributed by atoms with Crippen LogP contribution in [0.5, 0.6) is 0 Å². The first-order valence-electron chi connectivity index (χ1n) is 15.0. The minimum absolute atomic E-state index is 0.0851. The van der Waals surface area contributed by atoms with Gasteiger partial charge in [0.15, 0.2) is 0 Å². The van der Waals surface area contributed by atoms with Crippen LogP contribution in [0.3, 0.4) is 0 Å². The van der Waals surface area contributed by atoms with E-state index in [4.69, 9.17) is 14.7 Å². The SMILES string of the molecule is CC(=O)OCc1cccnc1N(C)C(=O)OC(C)[n+]1cnn(CC(O)(c2cc(F)ccc2F)C(C)c2nc(-c3ccc(C#N)cc3)cs2)c1. The van der Waals surface area contributed by atoms with Crippen molar-refractivity contribution in [2.75, 3.05) is 11.9 Å². The highest BCUT2D eigenvalue weighted by Crippen LogP contribution is 2.41. The van der Waals surface area contributed by atoms with Crippen LogP contribution in [0.2, 0.25) is 0 Å². The third-order valence-corrected chi connectivity index (χ3v) is 8.92. The lowest BCUT2D eigenvalue weighted by Crippen LogP contribution is -2.42. The van der Waals surface area contributed by atoms with Gasteiger partial charge in [-0.05, 0) is 36.4 Å². The fraction of sp³-hybridized carbons (Fsp3) is 0.265. The zero-order chi connectivity index (χ0) is 35.3. The highest BCUT2D eigenvalue weighted by atomic mass is 32.1. The molecule has 5 aromatic rings. The van der Waals surface area contributed by atoms with Crippen LogP contribution in [-0.2, 0) is 33.0 Å². The predicted octanol–water partition coefficient (Wildman–Crippen LogP) is 5.39. The van der Waals surface area contributed by atoms with E-state index in [1.54, 1.807) is 55.6 Å². The van der Waals surface area contributed by atoms with Gasteiger partial charge in [0.1, 0.15) is 36.2 Å². The van der Waals surface area contributed by atoms with Crippen molar-refractivity contribution in [3.63, 3.8) is 0 Å². The number of nitrogens with zero attached hydrogens (tertiary/aromatic N) is 7. The Labute approximate surface area is 284 Å². The maximum Gasteiger partial charge on any atom is 0.418 e. The Balaban J connectivity index is 1.37. The Morgan fingerprint density at radius 3 is 2.65 bits per heavy atom. The first-order valence-corrected chi connectivity index (χ1v) is 15.9. The second-order valence-corrected chi connectivity index (χ2v) is 12.1. The number of ether oxygens (including phenoxy) is 2. The van der Waals surface area contributed by atoms with Gasteiger partial charge in [-0.25, -0.2) is 23.5 Å². The fourth-order valence-electron chi connectivity index (χ4n) is 5.08. The van der Waals surface area contributed by atoms with Crippen molar-refractivity contribution >= 4 is 29.2 Å². The van der Waals surface area contributed by atoms with E-state index in [1.165, 1.54) is 58.3 Å². The first kappa shape index (κ1) is 34.7. The van der Waals surface area contributed by atoms with Gasteiger partial charge in [0.2, 0.25) is 12.6 Å². The van der Waals surface area contributed by atoms with Crippen LogP contribution in [0.1, 0.15) is 54.6 Å². The quantitative estimate of drug-likeness (QED) is 0.143. The van der Waals surface area contributed by atoms with Gasteiger partial charge in [0.05, 0.1) is 22.3 Å². The summed E-state index contributed by atoms with van der Waals surface area (Å²) < 4.78 is 43.2. The van der Waals surface area contributed by atoms with Crippen LogP contribution in [0.4, 0.5) is 19.4 Å². The highest BCUT2D eigenvalue weighted by Gasteiger charge is 2.43. The second-order valence-electron chi connectivity index (χ2n) is 11.2. The summed E-state index contributed by atoms with van der Waals surface area (Å²) in [5, 5.41) is 27.9. The molecule has 5 rings (SSSR count). The number of benzene rings is 2. The minimum atomic E-state index is -2.03. The lowest BCUT2D eigenvalue weighted by atomic mass is 9.82. The molecule has 0 bridgehead atoms. The van der Waals surface area contributed by atoms with E-state index in [2.05, 4.69) is 21.1 Å². The number of hydrogen-bond acceptors (Lipinski definition) is 10. The Bertz CT molecular complexity index is 2010. The first-order chi connectivity index (χ1) is 23.4. The molecule has 0 aliphatic carbocycles. The molecular weight excluding hydrogens is 656 g/mol. The van der Waals surface area contributed by atoms with E-state index < -0.39 is 41.4 Å². The number of esters is 1. The van der Waals surface area contributed by atoms with Gasteiger partial charge in [-0.2, -0.15) is 9.83 Å². The Hall–Kier alpha value is -5.59. The average Bonchev–Trinajstić information content (AvgIpc) is 3.78. The topological polar surface area (TPSA) is 147 Å². The summed E-state index contributed by atoms with van der Waals surface area (Å²) in [6, 6.07) is 15.1. The molecule has 12 nitrogen and oxygen atoms in total. The largest absolute Gasteiger partial charge is 0.461 e. The number of halogens is 2. The van der Waals surface area contributed by atoms with E-state index in [1.807, 2.05) is 0 Å². The fourth-order valence-corrected chi connectivity index (χ4v) is 6.05. The minimum Gasteiger partial charge on any atom is -0.461 e. The van der Waals surface area contributed by atoms with Gasteiger partial charge >= 0.3 is 12.1 Å². The molecule has 0 saturated carbocycles. The Kier molecular flexibility index (Phi) is 10.4. The third kappa shape index (κ3) is 7.77. The van der Waals surface area contributed by atoms with Gasteiger partial charge in [0.25, 0.3) is 6.33 Å². The van der Waals surface area contributed by atoms with Crippen LogP contribution in [0, 0.1) is 23.0 Å². The van der Waals surface area contributed by atoms with Crippen molar-refractivity contribution in [2.45, 2.75) is 51.7 Å². The summed E-state index contributed by atoms with van der Waals surface area (Å²) >= 11 is 1.25. The zero-order valence-electron chi connectivity index (χ0n) is 26.9. The van der Waals surface area contributed by atoms with Crippen molar-refractivity contribution in [3.05, 3.63) is 112 Å². The van der Waals surface area contributed by atoms with Crippen LogP contribution < -0.4 is 9.47 Å². The number of carbonyl (C=O) groups excluding carboxylic acids is 2. The molecule has 3 atom stereocenters. The highest BCUT2D eigenvalue weighted by molar-refractivity contribution is 7.10. The number of amides is 1. The number of rotatable bonds is 11. The summed E-state index contributed by atoms with van der Waals surface area (Å²) in [4.78, 5) is 34.4. The molecule has 252 valence electrons. The van der Waals surface area contributed by atoms with Crippen LogP contribution in [0.15, 0.2) is 78.8 Å². The molecule has 3 aromatic heterocycles. The predicted molar refractivity (Wildman–Crippen MR) is 173 cm³/mol. The molecule has 1 amide bonds. The van der Waals surface area contributed by atoms with Crippen molar-refractivity contribution in [2.24, 2.45) is 0 Å². The van der Waals surface area contributed by atoms with Gasteiger partial charge < -0.3 is 14.6 Å². The average molecular weight is 689 g/mol. The summed E-state index contributed by atoms with van der Waals surface area (Å²) in [5.41, 5.74) is 0.0217. The summed E-state index contributed by atoms with van der Waals surface area (Å²) in [6.45, 7) is 4.13. The molecule has 15 heteroatoms. The van der Waals surface area contributed by atoms with E-state index in [0.717, 1.165) is 23.8 Å². The molecule has 49 heavy (non-hydrogen) atoms. The standard InChI is InChI=1S/C34H32F2N7O5S/c1-21(32-40-30(17-49-32)25-9-7-24(15-37)8-10-25)34(46,28-14-27(35)11-12-29(28)36)18-43-20-42(19-39-43)22(2)48-33(45)41(4)31-26(6-5-13-38-31)16-47-23(3)44/h5-14,17,19-22,46H,16,18H2,1-4H3/q+1. The number of aliphatic hydroxyl groups is 1. The maximum atomic E-state index is 15.3. The monoisotopic (exact) mass is 688 g/mol. The lowest BCUT2D eigenvalue weighted by Gasteiger charge is -2.32. The van der Waals surface area contributed by atoms with Gasteiger partial charge in [-0.15, -0.1) is 16.0 Å². The number of thiazole rings is 1. The number of pyridine rings is 1. The van der Waals surface area contributed by atoms with Gasteiger partial charge in [0, 0.05) is 60.2 Å².